The molecule has 0 saturated carbocycles. The second-order valence-corrected chi connectivity index (χ2v) is 6.58. The first-order valence-electron chi connectivity index (χ1n) is 9.04. The predicted octanol–water partition coefficient (Wildman–Crippen LogP) is 3.00. The third-order valence-electron chi connectivity index (χ3n) is 4.52. The van der Waals surface area contributed by atoms with E-state index in [-0.39, 0.29) is 11.5 Å². The Morgan fingerprint density at radius 1 is 1.11 bits per heavy atom. The molecule has 7 heteroatoms. The van der Waals surface area contributed by atoms with Gasteiger partial charge in [-0.15, -0.1) is 0 Å². The molecule has 0 spiro atoms. The van der Waals surface area contributed by atoms with Gasteiger partial charge in [0, 0.05) is 36.2 Å². The third kappa shape index (κ3) is 4.97. The first-order valence-corrected chi connectivity index (χ1v) is 9.04. The van der Waals surface area contributed by atoms with Crippen molar-refractivity contribution in [3.05, 3.63) is 47.8 Å². The molecule has 1 fully saturated rings. The number of carbonyl (C=O) groups is 3. The van der Waals surface area contributed by atoms with E-state index in [1.165, 1.54) is 38.4 Å². The van der Waals surface area contributed by atoms with Gasteiger partial charge in [-0.2, -0.15) is 0 Å². The van der Waals surface area contributed by atoms with Crippen LogP contribution in [0, 0.1) is 0 Å². The first kappa shape index (κ1) is 18.7. The highest BCUT2D eigenvalue weighted by atomic mass is 16.5. The van der Waals surface area contributed by atoms with Gasteiger partial charge in [0.25, 0.3) is 5.91 Å². The summed E-state index contributed by atoms with van der Waals surface area (Å²) in [5.41, 5.74) is 2.32. The fourth-order valence-corrected chi connectivity index (χ4v) is 3.03. The number of nitrogens with zero attached hydrogens (tertiary/aromatic N) is 1. The standard InChI is InChI=1S/C20H23N3O4/c1-14(24)15-11-18(21-12-15)20(26)27-13-19(25)22-16-5-7-17(8-6-16)23-9-3-2-4-10-23/h5-8,11-12,21H,2-4,9-10,13H2,1H3,(H,22,25). The number of H-pyrrole nitrogens is 1. The van der Waals surface area contributed by atoms with E-state index in [1.54, 1.807) is 0 Å². The molecular formula is C20H23N3O4. The van der Waals surface area contributed by atoms with Crippen molar-refractivity contribution in [1.29, 1.82) is 0 Å². The number of benzene rings is 1. The van der Waals surface area contributed by atoms with Crippen LogP contribution in [-0.2, 0) is 9.53 Å². The molecule has 1 aromatic heterocycles. The van der Waals surface area contributed by atoms with Gasteiger partial charge in [0.15, 0.2) is 12.4 Å². The van der Waals surface area contributed by atoms with Gasteiger partial charge in [0.05, 0.1) is 0 Å². The molecule has 2 aromatic rings. The summed E-state index contributed by atoms with van der Waals surface area (Å²) in [4.78, 5) is 40.1. The average Bonchev–Trinajstić information content (AvgIpc) is 3.18. The highest BCUT2D eigenvalue weighted by Gasteiger charge is 2.14. The third-order valence-corrected chi connectivity index (χ3v) is 4.52. The van der Waals surface area contributed by atoms with Crippen molar-refractivity contribution in [2.45, 2.75) is 26.2 Å². The summed E-state index contributed by atoms with van der Waals surface area (Å²) >= 11 is 0. The number of carbonyl (C=O) groups excluding carboxylic acids is 3. The van der Waals surface area contributed by atoms with Crippen LogP contribution < -0.4 is 10.2 Å². The molecule has 27 heavy (non-hydrogen) atoms. The van der Waals surface area contributed by atoms with Gasteiger partial charge in [-0.3, -0.25) is 9.59 Å². The van der Waals surface area contributed by atoms with Crippen LogP contribution in [0.25, 0.3) is 0 Å². The molecule has 7 nitrogen and oxygen atoms in total. The lowest BCUT2D eigenvalue weighted by atomic mass is 10.1. The lowest BCUT2D eigenvalue weighted by Gasteiger charge is -2.28. The van der Waals surface area contributed by atoms with E-state index in [9.17, 15) is 14.4 Å². The Morgan fingerprint density at radius 2 is 1.81 bits per heavy atom. The van der Waals surface area contributed by atoms with Crippen molar-refractivity contribution >= 4 is 29.0 Å². The Morgan fingerprint density at radius 3 is 2.44 bits per heavy atom. The fraction of sp³-hybridized carbons (Fsp3) is 0.350. The second kappa shape index (κ2) is 8.53. The van der Waals surface area contributed by atoms with Crippen LogP contribution in [0.4, 0.5) is 11.4 Å². The largest absolute Gasteiger partial charge is 0.451 e. The molecule has 1 aliphatic heterocycles. The number of amides is 1. The van der Waals surface area contributed by atoms with Gasteiger partial charge in [0.1, 0.15) is 5.69 Å². The minimum Gasteiger partial charge on any atom is -0.451 e. The number of hydrogen-bond acceptors (Lipinski definition) is 5. The van der Waals surface area contributed by atoms with Crippen molar-refractivity contribution in [3.63, 3.8) is 0 Å². The Hall–Kier alpha value is -3.09. The number of aromatic amines is 1. The van der Waals surface area contributed by atoms with Gasteiger partial charge in [-0.25, -0.2) is 4.79 Å². The smallest absolute Gasteiger partial charge is 0.355 e. The number of Topliss-reactive ketones (excluding diaryl/α,β-unsaturated/α-hetero) is 1. The summed E-state index contributed by atoms with van der Waals surface area (Å²) in [5.74, 6) is -1.26. The minimum absolute atomic E-state index is 0.138. The van der Waals surface area contributed by atoms with Gasteiger partial charge < -0.3 is 19.9 Å². The lowest BCUT2D eigenvalue weighted by molar-refractivity contribution is -0.119. The number of ketones is 1. The molecule has 2 N–H and O–H groups in total. The van der Waals surface area contributed by atoms with Crippen molar-refractivity contribution in [3.8, 4) is 0 Å². The minimum atomic E-state index is -0.682. The number of hydrogen-bond donors (Lipinski definition) is 2. The maximum Gasteiger partial charge on any atom is 0.355 e. The zero-order chi connectivity index (χ0) is 19.2. The van der Waals surface area contributed by atoms with E-state index in [1.807, 2.05) is 24.3 Å². The molecule has 0 atom stereocenters. The Labute approximate surface area is 157 Å². The first-order chi connectivity index (χ1) is 13.0. The molecule has 0 unspecified atom stereocenters. The molecule has 0 radical (unpaired) electrons. The van der Waals surface area contributed by atoms with E-state index in [0.29, 0.717) is 11.3 Å². The van der Waals surface area contributed by atoms with Crippen LogP contribution in [-0.4, -0.2) is 42.3 Å². The Balaban J connectivity index is 1.48. The molecule has 1 aliphatic rings. The topological polar surface area (TPSA) is 91.5 Å². The zero-order valence-electron chi connectivity index (χ0n) is 15.3. The molecule has 3 rings (SSSR count). The Bertz CT molecular complexity index is 820. The van der Waals surface area contributed by atoms with Gasteiger partial charge in [0.2, 0.25) is 0 Å². The summed E-state index contributed by atoms with van der Waals surface area (Å²) in [5, 5.41) is 2.70. The van der Waals surface area contributed by atoms with Crippen LogP contribution in [0.1, 0.15) is 47.0 Å². The number of piperidine rings is 1. The quantitative estimate of drug-likeness (QED) is 0.603. The van der Waals surface area contributed by atoms with E-state index in [0.717, 1.165) is 18.8 Å². The van der Waals surface area contributed by atoms with Crippen LogP contribution in [0.15, 0.2) is 36.5 Å². The molecule has 142 valence electrons. The van der Waals surface area contributed by atoms with E-state index >= 15 is 0 Å². The predicted molar refractivity (Wildman–Crippen MR) is 102 cm³/mol. The SMILES string of the molecule is CC(=O)c1c[nH]c(C(=O)OCC(=O)Nc2ccc(N3CCCCC3)cc2)c1. The second-order valence-electron chi connectivity index (χ2n) is 6.58. The Kier molecular flexibility index (Phi) is 5.90. The molecule has 1 aromatic carbocycles. The molecule has 1 amide bonds. The summed E-state index contributed by atoms with van der Waals surface area (Å²) in [6.45, 7) is 3.13. The van der Waals surface area contributed by atoms with Crippen LogP contribution in [0.2, 0.25) is 0 Å². The highest BCUT2D eigenvalue weighted by Crippen LogP contribution is 2.21. The van der Waals surface area contributed by atoms with Gasteiger partial charge in [-0.1, -0.05) is 0 Å². The van der Waals surface area contributed by atoms with E-state index in [4.69, 9.17) is 4.74 Å². The van der Waals surface area contributed by atoms with Crippen LogP contribution in [0.5, 0.6) is 0 Å². The monoisotopic (exact) mass is 369 g/mol. The number of nitrogens with one attached hydrogen (secondary N) is 2. The molecule has 1 saturated heterocycles. The molecule has 0 aliphatic carbocycles. The molecule has 0 bridgehead atoms. The fourth-order valence-electron chi connectivity index (χ4n) is 3.03. The molecule has 2 heterocycles. The molecular weight excluding hydrogens is 346 g/mol. The zero-order valence-corrected chi connectivity index (χ0v) is 15.3. The summed E-state index contributed by atoms with van der Waals surface area (Å²) in [7, 11) is 0. The van der Waals surface area contributed by atoms with Crippen molar-refractivity contribution in [1.82, 2.24) is 4.98 Å². The van der Waals surface area contributed by atoms with Crippen LogP contribution >= 0.6 is 0 Å². The van der Waals surface area contributed by atoms with Crippen molar-refractivity contribution in [2.24, 2.45) is 0 Å². The normalized spacial score (nSPS) is 13.9. The summed E-state index contributed by atoms with van der Waals surface area (Å²) in [6.07, 6.45) is 5.13. The van der Waals surface area contributed by atoms with E-state index in [2.05, 4.69) is 15.2 Å². The maximum atomic E-state index is 12.0. The van der Waals surface area contributed by atoms with E-state index < -0.39 is 18.5 Å². The average molecular weight is 369 g/mol. The van der Waals surface area contributed by atoms with Crippen molar-refractivity contribution in [2.75, 3.05) is 29.9 Å². The number of rotatable bonds is 6. The summed E-state index contributed by atoms with van der Waals surface area (Å²) < 4.78 is 4.97. The number of anilines is 2. The number of aromatic nitrogens is 1. The van der Waals surface area contributed by atoms with Crippen LogP contribution in [0.3, 0.4) is 0 Å². The number of esters is 1. The number of ether oxygens (including phenoxy) is 1. The maximum absolute atomic E-state index is 12.0. The van der Waals surface area contributed by atoms with Gasteiger partial charge >= 0.3 is 5.97 Å². The summed E-state index contributed by atoms with van der Waals surface area (Å²) in [6, 6.07) is 9.05. The van der Waals surface area contributed by atoms with Gasteiger partial charge in [-0.05, 0) is 56.5 Å². The highest BCUT2D eigenvalue weighted by molar-refractivity contribution is 5.98. The van der Waals surface area contributed by atoms with Crippen molar-refractivity contribution < 1.29 is 19.1 Å². The lowest BCUT2D eigenvalue weighted by Crippen LogP contribution is -2.29.